The zero-order chi connectivity index (χ0) is 38.1. The van der Waals surface area contributed by atoms with Crippen molar-refractivity contribution in [1.82, 2.24) is 0 Å². The summed E-state index contributed by atoms with van der Waals surface area (Å²) in [6.45, 7) is 13.2. The topological polar surface area (TPSA) is 24.5 Å². The molecule has 0 aliphatic carbocycles. The first-order valence-electron chi connectivity index (χ1n) is 23.5. The van der Waals surface area contributed by atoms with Crippen LogP contribution in [0.25, 0.3) is 0 Å². The molecule has 2 rings (SSSR count). The second-order valence-corrected chi connectivity index (χ2v) is 15.7. The minimum atomic E-state index is 0.834. The Kier molecular flexibility index (Phi) is 36.4. The Morgan fingerprint density at radius 3 is 1.17 bits per heavy atom. The summed E-state index contributed by atoms with van der Waals surface area (Å²) < 4.78 is 5.95. The number of nitrogens with one attached hydrogen (secondary N) is 1. The highest BCUT2D eigenvalue weighted by Crippen LogP contribution is 2.24. The highest BCUT2D eigenvalue weighted by Gasteiger charge is 2.06. The summed E-state index contributed by atoms with van der Waals surface area (Å²) >= 11 is 0. The fraction of sp³-hybridized carbons (Fsp3) is 0.760. The van der Waals surface area contributed by atoms with E-state index in [9.17, 15) is 0 Å². The summed E-state index contributed by atoms with van der Waals surface area (Å²) in [6, 6.07) is 19.3. The standard InChI is InChI=1S/C26H47NO.C24H43N/c1-3-5-6-7-8-9-10-11-12-13-14-15-16-17-18-21-24-28-26-23-20-19-22-25(26)27-4-2;1-3-5-7-9-11-12-14-19-23-25(24-20-16-15-17-21-24)22-18-13-10-8-6-4-2/h19-20,22-23,27H,3-18,21,24H2,1-2H3;15-17,20-21H,3-14,18-19,22-23H2,1-2H3. The number of benzene rings is 2. The lowest BCUT2D eigenvalue weighted by Crippen LogP contribution is -2.25. The van der Waals surface area contributed by atoms with Crippen molar-refractivity contribution in [3.8, 4) is 5.75 Å². The van der Waals surface area contributed by atoms with Gasteiger partial charge in [-0.3, -0.25) is 0 Å². The number of hydrogen-bond donors (Lipinski definition) is 1. The number of nitrogens with zero attached hydrogens (tertiary/aromatic N) is 1. The zero-order valence-corrected chi connectivity index (χ0v) is 36.1. The monoisotopic (exact) mass is 735 g/mol. The predicted octanol–water partition coefficient (Wildman–Crippen LogP) is 16.8. The van der Waals surface area contributed by atoms with Gasteiger partial charge in [0.05, 0.1) is 12.3 Å². The molecule has 0 heterocycles. The van der Waals surface area contributed by atoms with E-state index >= 15 is 0 Å². The third-order valence-electron chi connectivity index (χ3n) is 10.7. The molecule has 3 nitrogen and oxygen atoms in total. The highest BCUT2D eigenvalue weighted by molar-refractivity contribution is 5.56. The van der Waals surface area contributed by atoms with E-state index in [1.54, 1.807) is 0 Å². The molecule has 0 saturated heterocycles. The Morgan fingerprint density at radius 2 is 0.755 bits per heavy atom. The molecule has 1 N–H and O–H groups in total. The fourth-order valence-corrected chi connectivity index (χ4v) is 7.29. The van der Waals surface area contributed by atoms with Crippen LogP contribution in [0.2, 0.25) is 0 Å². The summed E-state index contributed by atoms with van der Waals surface area (Å²) in [7, 11) is 0. The van der Waals surface area contributed by atoms with Crippen molar-refractivity contribution < 1.29 is 4.74 Å². The van der Waals surface area contributed by atoms with Gasteiger partial charge in [0.1, 0.15) is 5.75 Å². The van der Waals surface area contributed by atoms with Crippen LogP contribution in [0.15, 0.2) is 54.6 Å². The fourth-order valence-electron chi connectivity index (χ4n) is 7.29. The molecule has 3 heteroatoms. The maximum absolute atomic E-state index is 5.95. The van der Waals surface area contributed by atoms with E-state index in [-0.39, 0.29) is 0 Å². The van der Waals surface area contributed by atoms with Crippen LogP contribution in [0.1, 0.15) is 220 Å². The summed E-state index contributed by atoms with van der Waals surface area (Å²) in [5.74, 6) is 0.991. The first-order valence-corrected chi connectivity index (χ1v) is 23.5. The van der Waals surface area contributed by atoms with Crippen LogP contribution in [-0.4, -0.2) is 26.2 Å². The van der Waals surface area contributed by atoms with E-state index in [0.29, 0.717) is 0 Å². The number of ether oxygens (including phenoxy) is 1. The van der Waals surface area contributed by atoms with Gasteiger partial charge in [-0.15, -0.1) is 0 Å². The number of para-hydroxylation sites is 3. The summed E-state index contributed by atoms with van der Waals surface area (Å²) in [5, 5.41) is 3.36. The predicted molar refractivity (Wildman–Crippen MR) is 240 cm³/mol. The summed E-state index contributed by atoms with van der Waals surface area (Å²) in [5.41, 5.74) is 2.53. The van der Waals surface area contributed by atoms with Crippen molar-refractivity contribution in [1.29, 1.82) is 0 Å². The molecule has 2 aromatic carbocycles. The van der Waals surface area contributed by atoms with Crippen molar-refractivity contribution in [2.45, 2.75) is 220 Å². The smallest absolute Gasteiger partial charge is 0.142 e. The molecular weight excluding hydrogens is 645 g/mol. The van der Waals surface area contributed by atoms with Gasteiger partial charge in [-0.2, -0.15) is 0 Å². The van der Waals surface area contributed by atoms with Crippen molar-refractivity contribution in [3.63, 3.8) is 0 Å². The minimum absolute atomic E-state index is 0.834. The minimum Gasteiger partial charge on any atom is -0.491 e. The van der Waals surface area contributed by atoms with Gasteiger partial charge < -0.3 is 15.0 Å². The molecule has 0 spiro atoms. The van der Waals surface area contributed by atoms with Crippen LogP contribution in [0.3, 0.4) is 0 Å². The van der Waals surface area contributed by atoms with Crippen molar-refractivity contribution >= 4 is 11.4 Å². The molecule has 0 unspecified atom stereocenters. The molecule has 0 aromatic heterocycles. The lowest BCUT2D eigenvalue weighted by molar-refractivity contribution is 0.305. The molecule has 0 aliphatic heterocycles. The van der Waals surface area contributed by atoms with Crippen LogP contribution in [-0.2, 0) is 0 Å². The maximum Gasteiger partial charge on any atom is 0.142 e. The van der Waals surface area contributed by atoms with E-state index in [0.717, 1.165) is 24.6 Å². The molecular formula is C50H90N2O. The van der Waals surface area contributed by atoms with Crippen LogP contribution in [0.5, 0.6) is 5.75 Å². The van der Waals surface area contributed by atoms with E-state index in [1.165, 1.54) is 211 Å². The number of hydrogen-bond acceptors (Lipinski definition) is 3. The van der Waals surface area contributed by atoms with Crippen molar-refractivity contribution in [3.05, 3.63) is 54.6 Å². The normalized spacial score (nSPS) is 10.9. The largest absolute Gasteiger partial charge is 0.491 e. The van der Waals surface area contributed by atoms with Crippen LogP contribution in [0, 0.1) is 0 Å². The molecule has 0 saturated carbocycles. The average molecular weight is 735 g/mol. The molecule has 2 aromatic rings. The van der Waals surface area contributed by atoms with Gasteiger partial charge in [0, 0.05) is 25.3 Å². The SMILES string of the molecule is CCCCCCCCCCCCCCCCCCOc1ccccc1NCC.CCCCCCCCCCN(CCCCCCCC)c1ccccc1. The first kappa shape index (κ1) is 48.9. The van der Waals surface area contributed by atoms with Gasteiger partial charge in [-0.1, -0.05) is 224 Å². The quantitative estimate of drug-likeness (QED) is 0.0700. The van der Waals surface area contributed by atoms with E-state index < -0.39 is 0 Å². The second-order valence-electron chi connectivity index (χ2n) is 15.7. The molecule has 0 atom stereocenters. The molecule has 0 bridgehead atoms. The third-order valence-corrected chi connectivity index (χ3v) is 10.7. The summed E-state index contributed by atoms with van der Waals surface area (Å²) in [6.07, 6.45) is 42.0. The second kappa shape index (κ2) is 39.5. The Labute approximate surface area is 332 Å². The lowest BCUT2D eigenvalue weighted by Gasteiger charge is -2.25. The molecule has 53 heavy (non-hydrogen) atoms. The van der Waals surface area contributed by atoms with Crippen molar-refractivity contribution in [2.75, 3.05) is 36.5 Å². The number of rotatable bonds is 37. The van der Waals surface area contributed by atoms with Crippen LogP contribution in [0.4, 0.5) is 11.4 Å². The third kappa shape index (κ3) is 30.8. The van der Waals surface area contributed by atoms with Gasteiger partial charge in [-0.05, 0) is 50.5 Å². The Morgan fingerprint density at radius 1 is 0.396 bits per heavy atom. The van der Waals surface area contributed by atoms with Gasteiger partial charge in [0.2, 0.25) is 0 Å². The highest BCUT2D eigenvalue weighted by atomic mass is 16.5. The Hall–Kier alpha value is -2.16. The van der Waals surface area contributed by atoms with Gasteiger partial charge in [0.15, 0.2) is 0 Å². The number of unbranched alkanes of at least 4 members (excludes halogenated alkanes) is 27. The molecule has 306 valence electrons. The van der Waals surface area contributed by atoms with Gasteiger partial charge in [0.25, 0.3) is 0 Å². The zero-order valence-electron chi connectivity index (χ0n) is 36.1. The Bertz CT molecular complexity index is 978. The maximum atomic E-state index is 5.95. The van der Waals surface area contributed by atoms with Gasteiger partial charge >= 0.3 is 0 Å². The molecule has 0 radical (unpaired) electrons. The number of anilines is 2. The van der Waals surface area contributed by atoms with Gasteiger partial charge in [-0.25, -0.2) is 0 Å². The van der Waals surface area contributed by atoms with E-state index in [4.69, 9.17) is 4.74 Å². The van der Waals surface area contributed by atoms with E-state index in [2.05, 4.69) is 86.4 Å². The Balaban J connectivity index is 0.000000533. The lowest BCUT2D eigenvalue weighted by atomic mass is 10.0. The average Bonchev–Trinajstić information content (AvgIpc) is 3.19. The van der Waals surface area contributed by atoms with Crippen molar-refractivity contribution in [2.24, 2.45) is 0 Å². The molecule has 0 aliphatic rings. The first-order chi connectivity index (χ1) is 26.3. The molecule has 0 fully saturated rings. The summed E-state index contributed by atoms with van der Waals surface area (Å²) in [4.78, 5) is 2.62. The molecule has 0 amide bonds. The van der Waals surface area contributed by atoms with Crippen LogP contribution < -0.4 is 15.0 Å². The van der Waals surface area contributed by atoms with Crippen LogP contribution >= 0.6 is 0 Å². The van der Waals surface area contributed by atoms with E-state index in [1.807, 2.05) is 6.07 Å².